The van der Waals surface area contributed by atoms with Crippen LogP contribution < -0.4 is 5.32 Å². The Kier molecular flexibility index (Phi) is 4.05. The number of hydrogen-bond donors (Lipinski definition) is 1. The highest BCUT2D eigenvalue weighted by atomic mass is 16.3. The molecular formula is C10H14N2O3. The third kappa shape index (κ3) is 3.55. The van der Waals surface area contributed by atoms with E-state index in [4.69, 9.17) is 4.42 Å². The van der Waals surface area contributed by atoms with Crippen molar-refractivity contribution in [2.24, 2.45) is 0 Å². The second-order valence-corrected chi connectivity index (χ2v) is 3.27. The molecule has 1 N–H and O–H groups in total. The summed E-state index contributed by atoms with van der Waals surface area (Å²) >= 11 is 0. The molecule has 1 aromatic rings. The number of amides is 1. The van der Waals surface area contributed by atoms with Gasteiger partial charge in [0.25, 0.3) is 0 Å². The first-order chi connectivity index (χ1) is 7.15. The van der Waals surface area contributed by atoms with Crippen LogP contribution in [0.2, 0.25) is 0 Å². The van der Waals surface area contributed by atoms with Crippen molar-refractivity contribution in [3.05, 3.63) is 23.7 Å². The molecule has 0 radical (unpaired) electrons. The van der Waals surface area contributed by atoms with Crippen LogP contribution in [0.1, 0.15) is 16.3 Å². The van der Waals surface area contributed by atoms with Crippen LogP contribution in [0, 0.1) is 0 Å². The van der Waals surface area contributed by atoms with Crippen LogP contribution >= 0.6 is 0 Å². The number of likely N-dealkylation sites (N-methyl/N-ethyl adjacent to an activating group) is 2. The fraction of sp³-hybridized carbons (Fsp3) is 0.400. The first-order valence-corrected chi connectivity index (χ1v) is 4.58. The molecule has 1 heterocycles. The van der Waals surface area contributed by atoms with Gasteiger partial charge in [0.05, 0.1) is 13.1 Å². The lowest BCUT2D eigenvalue weighted by molar-refractivity contribution is -0.121. The molecule has 0 atom stereocenters. The molecule has 1 amide bonds. The quantitative estimate of drug-likeness (QED) is 0.708. The first kappa shape index (κ1) is 11.5. The van der Waals surface area contributed by atoms with E-state index in [1.165, 1.54) is 0 Å². The van der Waals surface area contributed by atoms with Crippen molar-refractivity contribution in [2.45, 2.75) is 6.54 Å². The van der Waals surface area contributed by atoms with Crippen molar-refractivity contribution in [3.8, 4) is 0 Å². The third-order valence-electron chi connectivity index (χ3n) is 1.92. The Bertz CT molecular complexity index is 346. The van der Waals surface area contributed by atoms with Crippen molar-refractivity contribution in [3.63, 3.8) is 0 Å². The van der Waals surface area contributed by atoms with E-state index in [1.54, 1.807) is 31.1 Å². The van der Waals surface area contributed by atoms with Crippen LogP contribution in [0.25, 0.3) is 0 Å². The number of aldehydes is 1. The second-order valence-electron chi connectivity index (χ2n) is 3.27. The first-order valence-electron chi connectivity index (χ1n) is 4.58. The van der Waals surface area contributed by atoms with Gasteiger partial charge < -0.3 is 9.73 Å². The predicted octanol–water partition coefficient (Wildman–Crippen LogP) is 0.270. The molecule has 0 aromatic carbocycles. The highest BCUT2D eigenvalue weighted by Gasteiger charge is 2.07. The van der Waals surface area contributed by atoms with Gasteiger partial charge in [0, 0.05) is 7.05 Å². The molecular weight excluding hydrogens is 196 g/mol. The normalized spacial score (nSPS) is 10.3. The van der Waals surface area contributed by atoms with E-state index in [1.807, 2.05) is 0 Å². The molecule has 0 bridgehead atoms. The summed E-state index contributed by atoms with van der Waals surface area (Å²) in [7, 11) is 3.39. The molecule has 5 nitrogen and oxygen atoms in total. The molecule has 0 aliphatic carbocycles. The van der Waals surface area contributed by atoms with Gasteiger partial charge >= 0.3 is 0 Å². The molecule has 15 heavy (non-hydrogen) atoms. The fourth-order valence-corrected chi connectivity index (χ4v) is 1.19. The number of carbonyl (C=O) groups excluding carboxylic acids is 2. The zero-order valence-corrected chi connectivity index (χ0v) is 8.82. The van der Waals surface area contributed by atoms with Crippen molar-refractivity contribution in [1.29, 1.82) is 0 Å². The molecule has 0 aliphatic heterocycles. The lowest BCUT2D eigenvalue weighted by Gasteiger charge is -2.13. The van der Waals surface area contributed by atoms with Crippen LogP contribution in [-0.4, -0.2) is 37.7 Å². The SMILES string of the molecule is CNC(=O)CN(C)Cc1ccc(C=O)o1. The number of rotatable bonds is 5. The topological polar surface area (TPSA) is 62.6 Å². The minimum Gasteiger partial charge on any atom is -0.457 e. The highest BCUT2D eigenvalue weighted by Crippen LogP contribution is 2.07. The van der Waals surface area contributed by atoms with Crippen LogP contribution in [-0.2, 0) is 11.3 Å². The minimum absolute atomic E-state index is 0.0559. The van der Waals surface area contributed by atoms with Crippen molar-refractivity contribution in [2.75, 3.05) is 20.6 Å². The van der Waals surface area contributed by atoms with Crippen LogP contribution in [0.5, 0.6) is 0 Å². The molecule has 0 saturated heterocycles. The summed E-state index contributed by atoms with van der Waals surface area (Å²) in [5, 5.41) is 2.53. The largest absolute Gasteiger partial charge is 0.457 e. The highest BCUT2D eigenvalue weighted by molar-refractivity contribution is 5.77. The summed E-state index contributed by atoms with van der Waals surface area (Å²) in [4.78, 5) is 23.2. The lowest BCUT2D eigenvalue weighted by Crippen LogP contribution is -2.32. The smallest absolute Gasteiger partial charge is 0.233 e. The van der Waals surface area contributed by atoms with E-state index in [9.17, 15) is 9.59 Å². The molecule has 0 saturated carbocycles. The maximum atomic E-state index is 11.0. The average molecular weight is 210 g/mol. The Labute approximate surface area is 88.0 Å². The minimum atomic E-state index is -0.0559. The van der Waals surface area contributed by atoms with Gasteiger partial charge in [-0.15, -0.1) is 0 Å². The standard InChI is InChI=1S/C10H14N2O3/c1-11-10(14)6-12(2)5-8-3-4-9(7-13)15-8/h3-4,7H,5-6H2,1-2H3,(H,11,14). The van der Waals surface area contributed by atoms with Crippen LogP contribution in [0.15, 0.2) is 16.5 Å². The van der Waals surface area contributed by atoms with E-state index >= 15 is 0 Å². The van der Waals surface area contributed by atoms with Gasteiger partial charge in [-0.25, -0.2) is 0 Å². The molecule has 0 aliphatic rings. The second kappa shape index (κ2) is 5.31. The molecule has 0 unspecified atom stereocenters. The van der Waals surface area contributed by atoms with Crippen LogP contribution in [0.4, 0.5) is 0 Å². The van der Waals surface area contributed by atoms with Gasteiger partial charge in [0.15, 0.2) is 12.0 Å². The van der Waals surface area contributed by atoms with Gasteiger partial charge in [0.1, 0.15) is 5.76 Å². The number of nitrogens with one attached hydrogen (secondary N) is 1. The Morgan fingerprint density at radius 2 is 2.33 bits per heavy atom. The molecule has 1 rings (SSSR count). The van der Waals surface area contributed by atoms with Crippen molar-refractivity contribution in [1.82, 2.24) is 10.2 Å². The monoisotopic (exact) mass is 210 g/mol. The number of furan rings is 1. The number of carbonyl (C=O) groups is 2. The van der Waals surface area contributed by atoms with E-state index in [0.717, 1.165) is 0 Å². The van der Waals surface area contributed by atoms with Crippen molar-refractivity contribution < 1.29 is 14.0 Å². The third-order valence-corrected chi connectivity index (χ3v) is 1.92. The van der Waals surface area contributed by atoms with Gasteiger partial charge in [-0.05, 0) is 19.2 Å². The zero-order valence-electron chi connectivity index (χ0n) is 8.82. The summed E-state index contributed by atoms with van der Waals surface area (Å²) in [6.07, 6.45) is 0.655. The van der Waals surface area contributed by atoms with Crippen LogP contribution in [0.3, 0.4) is 0 Å². The maximum absolute atomic E-state index is 11.0. The van der Waals surface area contributed by atoms with E-state index in [-0.39, 0.29) is 5.91 Å². The Balaban J connectivity index is 2.47. The zero-order chi connectivity index (χ0) is 11.3. The Hall–Kier alpha value is -1.62. The van der Waals surface area contributed by atoms with Gasteiger partial charge in [-0.3, -0.25) is 14.5 Å². The summed E-state index contributed by atoms with van der Waals surface area (Å²) in [5.41, 5.74) is 0. The predicted molar refractivity (Wildman–Crippen MR) is 54.5 cm³/mol. The summed E-state index contributed by atoms with van der Waals surface area (Å²) in [6, 6.07) is 3.33. The molecule has 1 aromatic heterocycles. The maximum Gasteiger partial charge on any atom is 0.233 e. The average Bonchev–Trinajstić information content (AvgIpc) is 2.65. The van der Waals surface area contributed by atoms with Gasteiger partial charge in [-0.2, -0.15) is 0 Å². The van der Waals surface area contributed by atoms with E-state index < -0.39 is 0 Å². The van der Waals surface area contributed by atoms with Crippen molar-refractivity contribution >= 4 is 12.2 Å². The Morgan fingerprint density at radius 3 is 2.87 bits per heavy atom. The molecule has 0 fully saturated rings. The molecule has 0 spiro atoms. The molecule has 82 valence electrons. The lowest BCUT2D eigenvalue weighted by atomic mass is 10.4. The molecule has 5 heteroatoms. The van der Waals surface area contributed by atoms with Gasteiger partial charge in [0.2, 0.25) is 5.91 Å². The fourth-order valence-electron chi connectivity index (χ4n) is 1.19. The Morgan fingerprint density at radius 1 is 1.60 bits per heavy atom. The van der Waals surface area contributed by atoms with E-state index in [2.05, 4.69) is 5.32 Å². The number of nitrogens with zero attached hydrogens (tertiary/aromatic N) is 1. The van der Waals surface area contributed by atoms with Gasteiger partial charge in [-0.1, -0.05) is 0 Å². The summed E-state index contributed by atoms with van der Waals surface area (Å²) in [5.74, 6) is 0.918. The summed E-state index contributed by atoms with van der Waals surface area (Å²) < 4.78 is 5.18. The summed E-state index contributed by atoms with van der Waals surface area (Å²) in [6.45, 7) is 0.800. The van der Waals surface area contributed by atoms with E-state index in [0.29, 0.717) is 30.9 Å². The number of hydrogen-bond acceptors (Lipinski definition) is 4.